The fourth-order valence-corrected chi connectivity index (χ4v) is 2.90. The average molecular weight is 325 g/mol. The summed E-state index contributed by atoms with van der Waals surface area (Å²) in [5.74, 6) is 0.00782. The Kier molecular flexibility index (Phi) is 4.64. The number of hydrogen-bond acceptors (Lipinski definition) is 3. The summed E-state index contributed by atoms with van der Waals surface area (Å²) in [5, 5.41) is 0.992. The van der Waals surface area contributed by atoms with Crippen LogP contribution in [0.5, 0.6) is 0 Å². The number of nitrogens with one attached hydrogen (secondary N) is 2. The van der Waals surface area contributed by atoms with Crippen molar-refractivity contribution >= 4 is 16.9 Å². The Balaban J connectivity index is 1.85. The molecule has 1 amide bonds. The number of aryl methyl sites for hydroxylation is 1. The second-order valence-corrected chi connectivity index (χ2v) is 6.15. The van der Waals surface area contributed by atoms with Gasteiger partial charge in [-0.2, -0.15) is 0 Å². The minimum atomic E-state index is 0.00782. The van der Waals surface area contributed by atoms with E-state index in [0.29, 0.717) is 5.69 Å². The molecule has 3 aromatic heterocycles. The van der Waals surface area contributed by atoms with Crippen molar-refractivity contribution in [3.63, 3.8) is 0 Å². The summed E-state index contributed by atoms with van der Waals surface area (Å²) in [6.45, 7) is 4.95. The van der Waals surface area contributed by atoms with E-state index in [1.54, 1.807) is 11.2 Å². The first kappa shape index (κ1) is 16.2. The summed E-state index contributed by atoms with van der Waals surface area (Å²) in [6.07, 6.45) is 8.61. The standard InChI is InChI=1S/C18H23N5O/c1-4-5-6-7-23(3)18(24)14-8-13(10-19-14)16-15-12(2)9-20-17(15)22-11-21-16/h8-11,19H,4-7H2,1-3H3,(H,20,21,22). The van der Waals surface area contributed by atoms with Gasteiger partial charge >= 0.3 is 0 Å². The lowest BCUT2D eigenvalue weighted by molar-refractivity contribution is 0.0787. The Morgan fingerprint density at radius 2 is 2.04 bits per heavy atom. The van der Waals surface area contributed by atoms with Gasteiger partial charge in [-0.1, -0.05) is 19.8 Å². The van der Waals surface area contributed by atoms with Gasteiger partial charge in [0.25, 0.3) is 5.91 Å². The maximum Gasteiger partial charge on any atom is 0.270 e. The van der Waals surface area contributed by atoms with Gasteiger partial charge in [-0.3, -0.25) is 4.79 Å². The van der Waals surface area contributed by atoms with Crippen molar-refractivity contribution in [3.8, 4) is 11.3 Å². The van der Waals surface area contributed by atoms with Crippen molar-refractivity contribution in [1.29, 1.82) is 0 Å². The molecule has 0 atom stereocenters. The van der Waals surface area contributed by atoms with Crippen LogP contribution < -0.4 is 0 Å². The molecule has 0 aliphatic rings. The van der Waals surface area contributed by atoms with Crippen LogP contribution in [0.4, 0.5) is 0 Å². The van der Waals surface area contributed by atoms with E-state index in [-0.39, 0.29) is 5.91 Å². The van der Waals surface area contributed by atoms with E-state index in [0.717, 1.165) is 53.7 Å². The Morgan fingerprint density at radius 3 is 2.83 bits per heavy atom. The van der Waals surface area contributed by atoms with Crippen molar-refractivity contribution in [1.82, 2.24) is 24.8 Å². The summed E-state index contributed by atoms with van der Waals surface area (Å²) in [5.41, 5.74) is 4.22. The number of nitrogens with zero attached hydrogens (tertiary/aromatic N) is 3. The van der Waals surface area contributed by atoms with Crippen LogP contribution in [0.25, 0.3) is 22.3 Å². The highest BCUT2D eigenvalue weighted by Crippen LogP contribution is 2.28. The van der Waals surface area contributed by atoms with Crippen molar-refractivity contribution in [3.05, 3.63) is 36.0 Å². The number of H-pyrrole nitrogens is 2. The molecule has 0 fully saturated rings. The number of fused-ring (bicyclic) bond motifs is 1. The summed E-state index contributed by atoms with van der Waals surface area (Å²) in [6, 6.07) is 1.87. The third kappa shape index (κ3) is 3.04. The fourth-order valence-electron chi connectivity index (χ4n) is 2.90. The molecule has 0 saturated carbocycles. The van der Waals surface area contributed by atoms with E-state index >= 15 is 0 Å². The molecule has 6 nitrogen and oxygen atoms in total. The van der Waals surface area contributed by atoms with E-state index in [2.05, 4.69) is 26.9 Å². The maximum absolute atomic E-state index is 12.5. The molecular formula is C18H23N5O. The number of carbonyl (C=O) groups is 1. The van der Waals surface area contributed by atoms with Crippen LogP contribution in [-0.4, -0.2) is 44.3 Å². The topological polar surface area (TPSA) is 77.7 Å². The van der Waals surface area contributed by atoms with Crippen molar-refractivity contribution in [2.75, 3.05) is 13.6 Å². The summed E-state index contributed by atoms with van der Waals surface area (Å²) < 4.78 is 0. The number of carbonyl (C=O) groups excluding carboxylic acids is 1. The van der Waals surface area contributed by atoms with Crippen molar-refractivity contribution in [2.24, 2.45) is 0 Å². The van der Waals surface area contributed by atoms with E-state index in [1.807, 2.05) is 32.4 Å². The lowest BCUT2D eigenvalue weighted by Crippen LogP contribution is -2.27. The molecular weight excluding hydrogens is 302 g/mol. The molecule has 0 aliphatic heterocycles. The van der Waals surface area contributed by atoms with E-state index in [4.69, 9.17) is 0 Å². The molecule has 0 radical (unpaired) electrons. The lowest BCUT2D eigenvalue weighted by atomic mass is 10.1. The largest absolute Gasteiger partial charge is 0.357 e. The molecule has 0 saturated heterocycles. The molecule has 6 heteroatoms. The quantitative estimate of drug-likeness (QED) is 0.681. The van der Waals surface area contributed by atoms with Gasteiger partial charge in [-0.05, 0) is 25.0 Å². The van der Waals surface area contributed by atoms with E-state index in [9.17, 15) is 4.79 Å². The van der Waals surface area contributed by atoms with Gasteiger partial charge < -0.3 is 14.9 Å². The summed E-state index contributed by atoms with van der Waals surface area (Å²) in [7, 11) is 1.84. The highest BCUT2D eigenvalue weighted by atomic mass is 16.2. The Bertz CT molecular complexity index is 848. The highest BCUT2D eigenvalue weighted by molar-refractivity contribution is 5.97. The molecule has 0 spiro atoms. The maximum atomic E-state index is 12.5. The normalized spacial score (nSPS) is 11.1. The molecule has 24 heavy (non-hydrogen) atoms. The molecule has 0 aromatic carbocycles. The van der Waals surface area contributed by atoms with Gasteiger partial charge in [0.05, 0.1) is 5.69 Å². The third-order valence-electron chi connectivity index (χ3n) is 4.30. The highest BCUT2D eigenvalue weighted by Gasteiger charge is 2.16. The van der Waals surface area contributed by atoms with Crippen LogP contribution in [0.2, 0.25) is 0 Å². The molecule has 2 N–H and O–H groups in total. The molecule has 3 rings (SSSR count). The molecule has 3 aromatic rings. The molecule has 3 heterocycles. The number of unbranched alkanes of at least 4 members (excludes halogenated alkanes) is 2. The van der Waals surface area contributed by atoms with E-state index in [1.165, 1.54) is 0 Å². The molecule has 0 unspecified atom stereocenters. The Labute approximate surface area is 141 Å². The van der Waals surface area contributed by atoms with Crippen LogP contribution in [-0.2, 0) is 0 Å². The van der Waals surface area contributed by atoms with Crippen LogP contribution >= 0.6 is 0 Å². The number of hydrogen-bond donors (Lipinski definition) is 2. The minimum Gasteiger partial charge on any atom is -0.357 e. The SMILES string of the molecule is CCCCCN(C)C(=O)c1cc(-c2ncnc3[nH]cc(C)c23)c[nH]1. The number of aromatic nitrogens is 4. The second-order valence-electron chi connectivity index (χ2n) is 6.15. The summed E-state index contributed by atoms with van der Waals surface area (Å²) >= 11 is 0. The van der Waals surface area contributed by atoms with Gasteiger partial charge in [0.15, 0.2) is 0 Å². The average Bonchev–Trinajstić information content (AvgIpc) is 3.22. The predicted molar refractivity (Wildman–Crippen MR) is 94.9 cm³/mol. The number of rotatable bonds is 6. The first-order chi connectivity index (χ1) is 11.6. The number of aromatic amines is 2. The first-order valence-corrected chi connectivity index (χ1v) is 8.34. The zero-order chi connectivity index (χ0) is 17.1. The summed E-state index contributed by atoms with van der Waals surface area (Å²) in [4.78, 5) is 29.2. The van der Waals surface area contributed by atoms with Gasteiger partial charge in [0.1, 0.15) is 17.7 Å². The van der Waals surface area contributed by atoms with Crippen molar-refractivity contribution in [2.45, 2.75) is 33.1 Å². The first-order valence-electron chi connectivity index (χ1n) is 8.34. The second kappa shape index (κ2) is 6.86. The Morgan fingerprint density at radius 1 is 1.21 bits per heavy atom. The molecule has 0 bridgehead atoms. The van der Waals surface area contributed by atoms with Gasteiger partial charge in [-0.25, -0.2) is 9.97 Å². The van der Waals surface area contributed by atoms with E-state index < -0.39 is 0 Å². The van der Waals surface area contributed by atoms with Gasteiger partial charge in [0.2, 0.25) is 0 Å². The lowest BCUT2D eigenvalue weighted by Gasteiger charge is -2.15. The minimum absolute atomic E-state index is 0.00782. The van der Waals surface area contributed by atoms with Crippen LogP contribution in [0.1, 0.15) is 42.2 Å². The van der Waals surface area contributed by atoms with Crippen molar-refractivity contribution < 1.29 is 4.79 Å². The number of amides is 1. The van der Waals surface area contributed by atoms with Gasteiger partial charge in [0, 0.05) is 36.9 Å². The Hall–Kier alpha value is -2.63. The van der Waals surface area contributed by atoms with Crippen LogP contribution in [0.15, 0.2) is 24.8 Å². The van der Waals surface area contributed by atoms with Crippen LogP contribution in [0.3, 0.4) is 0 Å². The monoisotopic (exact) mass is 325 g/mol. The molecule has 126 valence electrons. The third-order valence-corrected chi connectivity index (χ3v) is 4.30. The smallest absolute Gasteiger partial charge is 0.270 e. The van der Waals surface area contributed by atoms with Gasteiger partial charge in [-0.15, -0.1) is 0 Å². The van der Waals surface area contributed by atoms with Crippen LogP contribution in [0, 0.1) is 6.92 Å². The zero-order valence-corrected chi connectivity index (χ0v) is 14.4. The predicted octanol–water partition coefficient (Wildman–Crippen LogP) is 3.52. The zero-order valence-electron chi connectivity index (χ0n) is 14.4. The molecule has 0 aliphatic carbocycles. The fraction of sp³-hybridized carbons (Fsp3) is 0.389.